The van der Waals surface area contributed by atoms with Crippen molar-refractivity contribution in [2.45, 2.75) is 6.92 Å². The van der Waals surface area contributed by atoms with Crippen LogP contribution >= 0.6 is 11.6 Å². The number of aromatic nitrogens is 2. The first-order valence-corrected chi connectivity index (χ1v) is 6.47. The van der Waals surface area contributed by atoms with Crippen LogP contribution in [0.3, 0.4) is 0 Å². The molecule has 0 atom stereocenters. The van der Waals surface area contributed by atoms with E-state index in [2.05, 4.69) is 15.5 Å². The minimum atomic E-state index is -0.447. The van der Waals surface area contributed by atoms with Gasteiger partial charge in [0.1, 0.15) is 5.82 Å². The van der Waals surface area contributed by atoms with Crippen LogP contribution in [0.25, 0.3) is 10.8 Å². The second kappa shape index (κ2) is 5.06. The Morgan fingerprint density at radius 1 is 1.05 bits per heavy atom. The highest BCUT2D eigenvalue weighted by Crippen LogP contribution is 2.27. The number of hydrogen-bond acceptors (Lipinski definition) is 3. The van der Waals surface area contributed by atoms with Gasteiger partial charge in [-0.15, -0.1) is 5.10 Å². The van der Waals surface area contributed by atoms with Gasteiger partial charge >= 0.3 is 0 Å². The van der Waals surface area contributed by atoms with E-state index in [4.69, 9.17) is 11.6 Å². The second-order valence-corrected chi connectivity index (χ2v) is 4.84. The van der Waals surface area contributed by atoms with Crippen LogP contribution in [-0.4, -0.2) is 10.2 Å². The standard InChI is InChI=1S/C15H11ClFN3/c1-9-11-4-2-3-5-12(11)15(20-19-9)18-10-6-7-14(17)13(16)8-10/h2-8H,1H3,(H,18,20). The summed E-state index contributed by atoms with van der Waals surface area (Å²) in [6.07, 6.45) is 0. The summed E-state index contributed by atoms with van der Waals surface area (Å²) in [7, 11) is 0. The molecule has 0 spiro atoms. The van der Waals surface area contributed by atoms with Crippen LogP contribution in [0.1, 0.15) is 5.69 Å². The van der Waals surface area contributed by atoms with Gasteiger partial charge in [0, 0.05) is 16.5 Å². The summed E-state index contributed by atoms with van der Waals surface area (Å²) in [4.78, 5) is 0. The molecule has 2 aromatic carbocycles. The van der Waals surface area contributed by atoms with Crippen molar-refractivity contribution in [1.29, 1.82) is 0 Å². The topological polar surface area (TPSA) is 37.8 Å². The van der Waals surface area contributed by atoms with E-state index in [0.29, 0.717) is 11.5 Å². The first-order chi connectivity index (χ1) is 9.65. The fraction of sp³-hybridized carbons (Fsp3) is 0.0667. The van der Waals surface area contributed by atoms with Gasteiger partial charge in [-0.2, -0.15) is 5.10 Å². The van der Waals surface area contributed by atoms with Crippen molar-refractivity contribution < 1.29 is 4.39 Å². The molecule has 0 fully saturated rings. The average molecular weight is 288 g/mol. The van der Waals surface area contributed by atoms with Crippen LogP contribution in [0, 0.1) is 12.7 Å². The Balaban J connectivity index is 2.06. The summed E-state index contributed by atoms with van der Waals surface area (Å²) < 4.78 is 13.2. The maximum Gasteiger partial charge on any atom is 0.160 e. The molecule has 0 radical (unpaired) electrons. The van der Waals surface area contributed by atoms with Gasteiger partial charge in [0.15, 0.2) is 5.82 Å². The van der Waals surface area contributed by atoms with E-state index in [1.54, 1.807) is 6.07 Å². The number of fused-ring (bicyclic) bond motifs is 1. The van der Waals surface area contributed by atoms with Gasteiger partial charge < -0.3 is 5.32 Å². The van der Waals surface area contributed by atoms with E-state index >= 15 is 0 Å². The number of nitrogens with zero attached hydrogens (tertiary/aromatic N) is 2. The molecule has 5 heteroatoms. The van der Waals surface area contributed by atoms with Crippen LogP contribution in [0.5, 0.6) is 0 Å². The predicted molar refractivity (Wildman–Crippen MR) is 79.0 cm³/mol. The lowest BCUT2D eigenvalue weighted by Gasteiger charge is -2.09. The van der Waals surface area contributed by atoms with E-state index in [1.807, 2.05) is 31.2 Å². The zero-order valence-corrected chi connectivity index (χ0v) is 11.4. The molecule has 0 bridgehead atoms. The molecule has 0 amide bonds. The Bertz CT molecular complexity index is 789. The molecule has 1 aromatic heterocycles. The molecule has 0 aliphatic rings. The lowest BCUT2D eigenvalue weighted by atomic mass is 10.1. The first kappa shape index (κ1) is 12.8. The average Bonchev–Trinajstić information content (AvgIpc) is 2.46. The predicted octanol–water partition coefficient (Wildman–Crippen LogP) is 4.47. The van der Waals surface area contributed by atoms with Crippen molar-refractivity contribution in [3.63, 3.8) is 0 Å². The van der Waals surface area contributed by atoms with E-state index in [-0.39, 0.29) is 5.02 Å². The molecule has 100 valence electrons. The minimum Gasteiger partial charge on any atom is -0.338 e. The molecule has 1 heterocycles. The highest BCUT2D eigenvalue weighted by Gasteiger charge is 2.07. The van der Waals surface area contributed by atoms with Crippen LogP contribution in [0.15, 0.2) is 42.5 Å². The second-order valence-electron chi connectivity index (χ2n) is 4.43. The Morgan fingerprint density at radius 2 is 1.80 bits per heavy atom. The van der Waals surface area contributed by atoms with Crippen LogP contribution in [0.2, 0.25) is 5.02 Å². The quantitative estimate of drug-likeness (QED) is 0.755. The molecule has 0 aliphatic heterocycles. The summed E-state index contributed by atoms with van der Waals surface area (Å²) in [5.74, 6) is 0.172. The summed E-state index contributed by atoms with van der Waals surface area (Å²) >= 11 is 5.77. The number of nitrogens with one attached hydrogen (secondary N) is 1. The summed E-state index contributed by atoms with van der Waals surface area (Å²) in [6.45, 7) is 1.91. The summed E-state index contributed by atoms with van der Waals surface area (Å²) in [6, 6.07) is 12.3. The molecule has 3 rings (SSSR count). The van der Waals surface area contributed by atoms with Gasteiger partial charge in [-0.25, -0.2) is 4.39 Å². The number of rotatable bonds is 2. The highest BCUT2D eigenvalue weighted by atomic mass is 35.5. The Labute approximate surface area is 120 Å². The zero-order chi connectivity index (χ0) is 14.1. The van der Waals surface area contributed by atoms with E-state index in [1.165, 1.54) is 12.1 Å². The normalized spacial score (nSPS) is 10.8. The zero-order valence-electron chi connectivity index (χ0n) is 10.7. The van der Waals surface area contributed by atoms with Crippen molar-refractivity contribution >= 4 is 33.9 Å². The molecule has 0 unspecified atom stereocenters. The molecule has 20 heavy (non-hydrogen) atoms. The van der Waals surface area contributed by atoms with Crippen LogP contribution in [-0.2, 0) is 0 Å². The molecule has 0 saturated heterocycles. The van der Waals surface area contributed by atoms with Crippen LogP contribution in [0.4, 0.5) is 15.9 Å². The van der Waals surface area contributed by atoms with E-state index < -0.39 is 5.82 Å². The lowest BCUT2D eigenvalue weighted by Crippen LogP contribution is -1.99. The van der Waals surface area contributed by atoms with Crippen molar-refractivity contribution in [1.82, 2.24) is 10.2 Å². The SMILES string of the molecule is Cc1nnc(Nc2ccc(F)c(Cl)c2)c2ccccc12. The Kier molecular flexibility index (Phi) is 3.24. The molecular weight excluding hydrogens is 277 g/mol. The highest BCUT2D eigenvalue weighted by molar-refractivity contribution is 6.31. The van der Waals surface area contributed by atoms with Gasteiger partial charge in [0.05, 0.1) is 10.7 Å². The molecule has 3 nitrogen and oxygen atoms in total. The third-order valence-electron chi connectivity index (χ3n) is 3.05. The number of halogens is 2. The van der Waals surface area contributed by atoms with Crippen molar-refractivity contribution in [2.24, 2.45) is 0 Å². The van der Waals surface area contributed by atoms with Gasteiger partial charge in [-0.1, -0.05) is 35.9 Å². The fourth-order valence-electron chi connectivity index (χ4n) is 2.04. The maximum atomic E-state index is 13.2. The minimum absolute atomic E-state index is 0.0689. The molecule has 1 N–H and O–H groups in total. The molecular formula is C15H11ClFN3. The van der Waals surface area contributed by atoms with Gasteiger partial charge in [-0.3, -0.25) is 0 Å². The lowest BCUT2D eigenvalue weighted by molar-refractivity contribution is 0.628. The van der Waals surface area contributed by atoms with Gasteiger partial charge in [0.2, 0.25) is 0 Å². The van der Waals surface area contributed by atoms with Crippen molar-refractivity contribution in [2.75, 3.05) is 5.32 Å². The van der Waals surface area contributed by atoms with Crippen LogP contribution < -0.4 is 5.32 Å². The number of aryl methyl sites for hydroxylation is 1. The largest absolute Gasteiger partial charge is 0.338 e. The van der Waals surface area contributed by atoms with Crippen molar-refractivity contribution in [3.05, 3.63) is 59.0 Å². The number of hydrogen-bond donors (Lipinski definition) is 1. The Hall–Kier alpha value is -2.20. The molecule has 0 aliphatic carbocycles. The number of benzene rings is 2. The Morgan fingerprint density at radius 3 is 2.55 bits per heavy atom. The smallest absolute Gasteiger partial charge is 0.160 e. The molecule has 0 saturated carbocycles. The maximum absolute atomic E-state index is 13.2. The van der Waals surface area contributed by atoms with Gasteiger partial charge in [0.25, 0.3) is 0 Å². The molecule has 3 aromatic rings. The van der Waals surface area contributed by atoms with E-state index in [0.717, 1.165) is 16.5 Å². The summed E-state index contributed by atoms with van der Waals surface area (Å²) in [5, 5.41) is 13.5. The fourth-order valence-corrected chi connectivity index (χ4v) is 2.22. The third-order valence-corrected chi connectivity index (χ3v) is 3.34. The third kappa shape index (κ3) is 2.30. The van der Waals surface area contributed by atoms with Gasteiger partial charge in [-0.05, 0) is 25.1 Å². The summed E-state index contributed by atoms with van der Waals surface area (Å²) in [5.41, 5.74) is 1.53. The monoisotopic (exact) mass is 287 g/mol. The first-order valence-electron chi connectivity index (χ1n) is 6.09. The van der Waals surface area contributed by atoms with E-state index in [9.17, 15) is 4.39 Å². The number of anilines is 2. The van der Waals surface area contributed by atoms with Crippen molar-refractivity contribution in [3.8, 4) is 0 Å².